The highest BCUT2D eigenvalue weighted by atomic mass is 16.6. The number of piperidine rings is 1. The molecule has 1 fully saturated rings. The molecule has 0 spiro atoms. The Morgan fingerprint density at radius 3 is 2.23 bits per heavy atom. The van der Waals surface area contributed by atoms with Crippen molar-refractivity contribution >= 4 is 6.09 Å². The number of benzene rings is 1. The summed E-state index contributed by atoms with van der Waals surface area (Å²) in [6, 6.07) is 8.84. The van der Waals surface area contributed by atoms with E-state index in [-0.39, 0.29) is 6.09 Å². The average molecular weight is 303 g/mol. The van der Waals surface area contributed by atoms with Crippen molar-refractivity contribution in [1.29, 1.82) is 0 Å². The van der Waals surface area contributed by atoms with Crippen LogP contribution in [-0.4, -0.2) is 29.7 Å². The van der Waals surface area contributed by atoms with Crippen LogP contribution >= 0.6 is 0 Å². The van der Waals surface area contributed by atoms with Crippen molar-refractivity contribution < 1.29 is 9.53 Å². The Morgan fingerprint density at radius 1 is 1.18 bits per heavy atom. The summed E-state index contributed by atoms with van der Waals surface area (Å²) in [7, 11) is 0. The van der Waals surface area contributed by atoms with Gasteiger partial charge in [-0.25, -0.2) is 4.79 Å². The van der Waals surface area contributed by atoms with Gasteiger partial charge in [0, 0.05) is 13.1 Å². The van der Waals surface area contributed by atoms with Crippen LogP contribution in [0.5, 0.6) is 0 Å². The van der Waals surface area contributed by atoms with Crippen LogP contribution in [0.1, 0.15) is 57.6 Å². The van der Waals surface area contributed by atoms with E-state index in [0.717, 1.165) is 25.9 Å². The summed E-state index contributed by atoms with van der Waals surface area (Å²) in [6.07, 6.45) is 1.93. The molecule has 22 heavy (non-hydrogen) atoms. The normalized spacial score (nSPS) is 18.1. The van der Waals surface area contributed by atoms with Crippen molar-refractivity contribution in [3.8, 4) is 0 Å². The van der Waals surface area contributed by atoms with Crippen molar-refractivity contribution in [3.05, 3.63) is 35.4 Å². The number of carbonyl (C=O) groups is 1. The zero-order valence-electron chi connectivity index (χ0n) is 14.6. The summed E-state index contributed by atoms with van der Waals surface area (Å²) < 4.78 is 5.46. The van der Waals surface area contributed by atoms with Crippen LogP contribution in [0.2, 0.25) is 0 Å². The van der Waals surface area contributed by atoms with E-state index in [2.05, 4.69) is 38.1 Å². The van der Waals surface area contributed by atoms with Gasteiger partial charge in [-0.05, 0) is 57.9 Å². The molecule has 0 saturated carbocycles. The van der Waals surface area contributed by atoms with Crippen LogP contribution in [0.4, 0.5) is 4.79 Å². The summed E-state index contributed by atoms with van der Waals surface area (Å²) >= 11 is 0. The molecule has 1 aliphatic heterocycles. The Balaban J connectivity index is 1.89. The Hall–Kier alpha value is -1.51. The van der Waals surface area contributed by atoms with Gasteiger partial charge in [0.15, 0.2) is 0 Å². The minimum Gasteiger partial charge on any atom is -0.444 e. The van der Waals surface area contributed by atoms with E-state index in [1.54, 1.807) is 0 Å². The van der Waals surface area contributed by atoms with Crippen LogP contribution in [0.15, 0.2) is 24.3 Å². The Labute approximate surface area is 134 Å². The van der Waals surface area contributed by atoms with Crippen molar-refractivity contribution in [1.82, 2.24) is 4.90 Å². The van der Waals surface area contributed by atoms with Gasteiger partial charge in [0.2, 0.25) is 0 Å². The molecule has 122 valence electrons. The lowest BCUT2D eigenvalue weighted by Gasteiger charge is -2.36. The van der Waals surface area contributed by atoms with E-state index in [1.165, 1.54) is 11.1 Å². The predicted octanol–water partition coefficient (Wildman–Crippen LogP) is 4.75. The summed E-state index contributed by atoms with van der Waals surface area (Å²) in [5, 5.41) is 0. The van der Waals surface area contributed by atoms with Crippen molar-refractivity contribution in [2.75, 3.05) is 13.1 Å². The summed E-state index contributed by atoms with van der Waals surface area (Å²) in [5.74, 6) is 1.18. The number of hydrogen-bond acceptors (Lipinski definition) is 2. The highest BCUT2D eigenvalue weighted by Crippen LogP contribution is 2.32. The fraction of sp³-hybridized carbons (Fsp3) is 0.632. The molecule has 2 rings (SSSR count). The topological polar surface area (TPSA) is 29.5 Å². The molecule has 1 saturated heterocycles. The molecule has 0 bridgehead atoms. The third-order valence-electron chi connectivity index (χ3n) is 4.50. The van der Waals surface area contributed by atoms with Crippen LogP contribution in [-0.2, 0) is 4.74 Å². The third-order valence-corrected chi connectivity index (χ3v) is 4.50. The van der Waals surface area contributed by atoms with Gasteiger partial charge in [-0.2, -0.15) is 0 Å². The van der Waals surface area contributed by atoms with E-state index in [4.69, 9.17) is 4.74 Å². The maximum atomic E-state index is 12.1. The van der Waals surface area contributed by atoms with Gasteiger partial charge in [0.25, 0.3) is 0 Å². The molecule has 3 heteroatoms. The first-order valence-electron chi connectivity index (χ1n) is 8.31. The minimum absolute atomic E-state index is 0.172. The molecule has 3 nitrogen and oxygen atoms in total. The van der Waals surface area contributed by atoms with Crippen LogP contribution < -0.4 is 0 Å². The second kappa shape index (κ2) is 6.72. The maximum absolute atomic E-state index is 12.1. The Kier molecular flexibility index (Phi) is 5.15. The van der Waals surface area contributed by atoms with Gasteiger partial charge in [-0.3, -0.25) is 0 Å². The molecule has 1 unspecified atom stereocenters. The highest BCUT2D eigenvalue weighted by Gasteiger charge is 2.29. The first-order chi connectivity index (χ1) is 10.3. The minimum atomic E-state index is -0.414. The molecule has 0 aliphatic carbocycles. The zero-order chi connectivity index (χ0) is 16.3. The van der Waals surface area contributed by atoms with Gasteiger partial charge < -0.3 is 9.64 Å². The SMILES string of the molecule is Cc1ccc(C(C)C2CCN(C(=O)OC(C)(C)C)CC2)cc1. The standard InChI is InChI=1S/C19H29NO2/c1-14-6-8-16(9-7-14)15(2)17-10-12-20(13-11-17)18(21)22-19(3,4)5/h6-9,15,17H,10-13H2,1-5H3. The van der Waals surface area contributed by atoms with Crippen molar-refractivity contribution in [2.24, 2.45) is 5.92 Å². The third kappa shape index (κ3) is 4.49. The molecular formula is C19H29NO2. The maximum Gasteiger partial charge on any atom is 0.410 e. The molecule has 1 heterocycles. The molecule has 1 aliphatic rings. The van der Waals surface area contributed by atoms with Gasteiger partial charge in [-0.1, -0.05) is 36.8 Å². The predicted molar refractivity (Wildman–Crippen MR) is 90.1 cm³/mol. The molecule has 0 radical (unpaired) electrons. The Bertz CT molecular complexity index is 493. The number of ether oxygens (including phenoxy) is 1. The molecule has 1 aromatic rings. The van der Waals surface area contributed by atoms with E-state index in [1.807, 2.05) is 25.7 Å². The average Bonchev–Trinajstić information content (AvgIpc) is 2.46. The lowest BCUT2D eigenvalue weighted by molar-refractivity contribution is 0.0176. The summed E-state index contributed by atoms with van der Waals surface area (Å²) in [5.41, 5.74) is 2.29. The van der Waals surface area contributed by atoms with E-state index in [9.17, 15) is 4.79 Å². The number of rotatable bonds is 2. The summed E-state index contributed by atoms with van der Waals surface area (Å²) in [6.45, 7) is 11.8. The number of hydrogen-bond donors (Lipinski definition) is 0. The fourth-order valence-electron chi connectivity index (χ4n) is 3.05. The number of amides is 1. The molecule has 1 amide bonds. The molecule has 1 aromatic carbocycles. The first kappa shape index (κ1) is 16.9. The second-order valence-electron chi connectivity index (χ2n) is 7.50. The van der Waals surface area contributed by atoms with Gasteiger partial charge >= 0.3 is 6.09 Å². The van der Waals surface area contributed by atoms with Crippen molar-refractivity contribution in [2.45, 2.75) is 59.0 Å². The largest absolute Gasteiger partial charge is 0.444 e. The second-order valence-corrected chi connectivity index (χ2v) is 7.50. The lowest BCUT2D eigenvalue weighted by Crippen LogP contribution is -2.42. The number of likely N-dealkylation sites (tertiary alicyclic amines) is 1. The fourth-order valence-corrected chi connectivity index (χ4v) is 3.05. The van der Waals surface area contributed by atoms with E-state index in [0.29, 0.717) is 11.8 Å². The van der Waals surface area contributed by atoms with E-state index >= 15 is 0 Å². The lowest BCUT2D eigenvalue weighted by atomic mass is 9.81. The number of aryl methyl sites for hydroxylation is 1. The van der Waals surface area contributed by atoms with Gasteiger partial charge in [-0.15, -0.1) is 0 Å². The quantitative estimate of drug-likeness (QED) is 0.789. The van der Waals surface area contributed by atoms with Crippen LogP contribution in [0, 0.1) is 12.8 Å². The number of nitrogens with zero attached hydrogens (tertiary/aromatic N) is 1. The molecule has 0 N–H and O–H groups in total. The van der Waals surface area contributed by atoms with E-state index < -0.39 is 5.60 Å². The molecule has 1 atom stereocenters. The zero-order valence-corrected chi connectivity index (χ0v) is 14.6. The van der Waals surface area contributed by atoms with Gasteiger partial charge in [0.1, 0.15) is 5.60 Å². The molecular weight excluding hydrogens is 274 g/mol. The van der Waals surface area contributed by atoms with Crippen LogP contribution in [0.3, 0.4) is 0 Å². The van der Waals surface area contributed by atoms with Crippen LogP contribution in [0.25, 0.3) is 0 Å². The van der Waals surface area contributed by atoms with Gasteiger partial charge in [0.05, 0.1) is 0 Å². The summed E-state index contributed by atoms with van der Waals surface area (Å²) in [4.78, 5) is 14.0. The first-order valence-corrected chi connectivity index (χ1v) is 8.31. The van der Waals surface area contributed by atoms with Crippen molar-refractivity contribution in [3.63, 3.8) is 0 Å². The Morgan fingerprint density at radius 2 is 1.73 bits per heavy atom. The highest BCUT2D eigenvalue weighted by molar-refractivity contribution is 5.68. The number of carbonyl (C=O) groups excluding carboxylic acids is 1. The smallest absolute Gasteiger partial charge is 0.410 e. The molecule has 0 aromatic heterocycles. The monoisotopic (exact) mass is 303 g/mol.